The van der Waals surface area contributed by atoms with E-state index in [4.69, 9.17) is 40.5 Å². The normalized spacial score (nSPS) is 11.2. The number of fused-ring (bicyclic) bond motifs is 1. The molecule has 0 aliphatic rings. The molecule has 10 heteroatoms. The number of pyridine rings is 1. The third-order valence-electron chi connectivity index (χ3n) is 3.12. The summed E-state index contributed by atoms with van der Waals surface area (Å²) < 4.78 is 0. The Morgan fingerprint density at radius 3 is 2.60 bits per heavy atom. The van der Waals surface area contributed by atoms with Gasteiger partial charge in [0.05, 0.1) is 34.2 Å². The Balaban J connectivity index is 1.78. The molecule has 0 spiro atoms. The zero-order valence-corrected chi connectivity index (χ0v) is 14.6. The van der Waals surface area contributed by atoms with E-state index in [2.05, 4.69) is 25.5 Å². The number of nitrogens with one attached hydrogen (secondary N) is 1. The van der Waals surface area contributed by atoms with Gasteiger partial charge in [0, 0.05) is 0 Å². The molecular formula is C15H9Cl3N6O. The molecule has 3 N–H and O–H groups in total. The summed E-state index contributed by atoms with van der Waals surface area (Å²) in [6.45, 7) is 0. The van der Waals surface area contributed by atoms with Crippen molar-refractivity contribution in [1.29, 1.82) is 0 Å². The molecule has 1 amide bonds. The second kappa shape index (κ2) is 7.18. The van der Waals surface area contributed by atoms with Crippen molar-refractivity contribution in [2.45, 2.75) is 0 Å². The number of carbonyl (C=O) groups is 1. The fourth-order valence-corrected chi connectivity index (χ4v) is 2.52. The maximum Gasteiger partial charge on any atom is 0.291 e. The van der Waals surface area contributed by atoms with Gasteiger partial charge >= 0.3 is 0 Å². The number of rotatable bonds is 3. The van der Waals surface area contributed by atoms with Crippen LogP contribution in [0.3, 0.4) is 0 Å². The van der Waals surface area contributed by atoms with Gasteiger partial charge in [-0.2, -0.15) is 5.10 Å². The predicted molar refractivity (Wildman–Crippen MR) is 98.3 cm³/mol. The summed E-state index contributed by atoms with van der Waals surface area (Å²) in [7, 11) is 0. The Labute approximate surface area is 156 Å². The maximum atomic E-state index is 12.1. The van der Waals surface area contributed by atoms with Crippen LogP contribution in [-0.2, 0) is 0 Å². The zero-order valence-electron chi connectivity index (χ0n) is 12.4. The van der Waals surface area contributed by atoms with Crippen LogP contribution in [0, 0.1) is 0 Å². The van der Waals surface area contributed by atoms with Crippen LogP contribution in [0.4, 0.5) is 5.69 Å². The molecule has 2 heterocycles. The van der Waals surface area contributed by atoms with E-state index in [1.54, 1.807) is 0 Å². The topological polar surface area (TPSA) is 106 Å². The van der Waals surface area contributed by atoms with Crippen molar-refractivity contribution in [3.63, 3.8) is 0 Å². The molecule has 126 valence electrons. The third kappa shape index (κ3) is 3.63. The Bertz CT molecular complexity index is 1010. The standard InChI is InChI=1S/C15H9Cl3N6O/c16-10-12(19)11(17)14(18)23-13(10)15(25)24-21-6-7-5-20-8-3-1-2-4-9(8)22-7/h1-6H,(H2,19,23)(H,24,25)/b21-6+. The highest BCUT2D eigenvalue weighted by molar-refractivity contribution is 6.46. The van der Waals surface area contributed by atoms with Crippen LogP contribution in [0.15, 0.2) is 35.6 Å². The van der Waals surface area contributed by atoms with Crippen molar-refractivity contribution in [3.05, 3.63) is 57.0 Å². The molecule has 0 radical (unpaired) electrons. The van der Waals surface area contributed by atoms with Crippen molar-refractivity contribution >= 4 is 63.6 Å². The minimum atomic E-state index is -0.694. The first-order valence-electron chi connectivity index (χ1n) is 6.82. The lowest BCUT2D eigenvalue weighted by Crippen LogP contribution is -2.20. The van der Waals surface area contributed by atoms with Gasteiger partial charge in [0.1, 0.15) is 10.7 Å². The average molecular weight is 396 g/mol. The van der Waals surface area contributed by atoms with E-state index in [-0.39, 0.29) is 26.6 Å². The number of aromatic nitrogens is 3. The highest BCUT2D eigenvalue weighted by Crippen LogP contribution is 2.34. The highest BCUT2D eigenvalue weighted by atomic mass is 35.5. The van der Waals surface area contributed by atoms with Gasteiger partial charge in [-0.05, 0) is 12.1 Å². The number of para-hydroxylation sites is 2. The Morgan fingerprint density at radius 2 is 1.84 bits per heavy atom. The number of hydrazone groups is 1. The van der Waals surface area contributed by atoms with Crippen LogP contribution >= 0.6 is 34.8 Å². The summed E-state index contributed by atoms with van der Waals surface area (Å²) in [6.07, 6.45) is 2.87. The monoisotopic (exact) mass is 394 g/mol. The van der Waals surface area contributed by atoms with Crippen LogP contribution in [-0.4, -0.2) is 27.1 Å². The van der Waals surface area contributed by atoms with Gasteiger partial charge in [0.2, 0.25) is 0 Å². The summed E-state index contributed by atoms with van der Waals surface area (Å²) in [4.78, 5) is 24.5. The smallest absolute Gasteiger partial charge is 0.291 e. The Morgan fingerprint density at radius 1 is 1.12 bits per heavy atom. The van der Waals surface area contributed by atoms with E-state index in [1.807, 2.05) is 24.3 Å². The van der Waals surface area contributed by atoms with Gasteiger partial charge in [-0.1, -0.05) is 46.9 Å². The molecule has 0 saturated heterocycles. The van der Waals surface area contributed by atoms with Gasteiger partial charge in [0.15, 0.2) is 10.8 Å². The second-order valence-corrected chi connectivity index (χ2v) is 5.89. The van der Waals surface area contributed by atoms with Crippen LogP contribution in [0.2, 0.25) is 15.2 Å². The van der Waals surface area contributed by atoms with E-state index >= 15 is 0 Å². The van der Waals surface area contributed by atoms with E-state index in [9.17, 15) is 4.79 Å². The molecule has 0 bridgehead atoms. The van der Waals surface area contributed by atoms with Crippen LogP contribution in [0.25, 0.3) is 11.0 Å². The lowest BCUT2D eigenvalue weighted by atomic mass is 10.3. The summed E-state index contributed by atoms with van der Waals surface area (Å²) in [5.74, 6) is -0.694. The summed E-state index contributed by atoms with van der Waals surface area (Å²) >= 11 is 17.6. The van der Waals surface area contributed by atoms with Crippen molar-refractivity contribution in [1.82, 2.24) is 20.4 Å². The SMILES string of the molecule is Nc1c(Cl)c(Cl)nc(C(=O)N/N=C/c2cnc3ccccc3n2)c1Cl. The first-order chi connectivity index (χ1) is 12.0. The molecule has 3 aromatic rings. The quantitative estimate of drug-likeness (QED) is 0.402. The van der Waals surface area contributed by atoms with Crippen LogP contribution < -0.4 is 11.2 Å². The maximum absolute atomic E-state index is 12.1. The number of nitrogens with zero attached hydrogens (tertiary/aromatic N) is 4. The van der Waals surface area contributed by atoms with Gasteiger partial charge in [0.25, 0.3) is 5.91 Å². The Kier molecular flexibility index (Phi) is 4.98. The van der Waals surface area contributed by atoms with E-state index in [1.165, 1.54) is 12.4 Å². The first-order valence-corrected chi connectivity index (χ1v) is 7.96. The van der Waals surface area contributed by atoms with Gasteiger partial charge in [-0.15, -0.1) is 0 Å². The van der Waals surface area contributed by atoms with Crippen molar-refractivity contribution in [3.8, 4) is 0 Å². The summed E-state index contributed by atoms with van der Waals surface area (Å²) in [5, 5.41) is 3.56. The second-order valence-electron chi connectivity index (χ2n) is 4.78. The molecule has 0 aliphatic carbocycles. The number of hydrogen-bond acceptors (Lipinski definition) is 6. The minimum Gasteiger partial charge on any atom is -0.396 e. The predicted octanol–water partition coefficient (Wildman–Crippen LogP) is 3.33. The van der Waals surface area contributed by atoms with Crippen LogP contribution in [0.5, 0.6) is 0 Å². The van der Waals surface area contributed by atoms with Crippen LogP contribution in [0.1, 0.15) is 16.2 Å². The molecule has 0 fully saturated rings. The van der Waals surface area contributed by atoms with Gasteiger partial charge in [-0.3, -0.25) is 9.78 Å². The highest BCUT2D eigenvalue weighted by Gasteiger charge is 2.19. The van der Waals surface area contributed by atoms with E-state index in [0.29, 0.717) is 11.2 Å². The summed E-state index contributed by atoms with van der Waals surface area (Å²) in [6, 6.07) is 7.38. The minimum absolute atomic E-state index is 0.0156. The third-order valence-corrected chi connectivity index (χ3v) is 4.25. The summed E-state index contributed by atoms with van der Waals surface area (Å²) in [5.41, 5.74) is 9.65. The number of carbonyl (C=O) groups excluding carboxylic acids is 1. The Hall–Kier alpha value is -2.48. The number of amides is 1. The molecule has 0 saturated carbocycles. The number of nitrogens with two attached hydrogens (primary N) is 1. The number of halogens is 3. The molecule has 1 aromatic carbocycles. The fraction of sp³-hybridized carbons (Fsp3) is 0. The average Bonchev–Trinajstić information content (AvgIpc) is 2.62. The molecular weight excluding hydrogens is 387 g/mol. The van der Waals surface area contributed by atoms with Crippen molar-refractivity contribution in [2.75, 3.05) is 5.73 Å². The molecule has 3 rings (SSSR count). The largest absolute Gasteiger partial charge is 0.396 e. The van der Waals surface area contributed by atoms with Gasteiger partial charge < -0.3 is 5.73 Å². The zero-order chi connectivity index (χ0) is 18.0. The number of hydrogen-bond donors (Lipinski definition) is 2. The lowest BCUT2D eigenvalue weighted by Gasteiger charge is -2.07. The molecule has 25 heavy (non-hydrogen) atoms. The van der Waals surface area contributed by atoms with Gasteiger partial charge in [-0.25, -0.2) is 15.4 Å². The lowest BCUT2D eigenvalue weighted by molar-refractivity contribution is 0.0950. The first kappa shape index (κ1) is 17.3. The van der Waals surface area contributed by atoms with E-state index < -0.39 is 5.91 Å². The van der Waals surface area contributed by atoms with E-state index in [0.717, 1.165) is 5.52 Å². The molecule has 7 nitrogen and oxygen atoms in total. The number of nitrogen functional groups attached to an aromatic ring is 1. The fourth-order valence-electron chi connectivity index (χ4n) is 1.93. The van der Waals surface area contributed by atoms with Crippen molar-refractivity contribution in [2.24, 2.45) is 5.10 Å². The van der Waals surface area contributed by atoms with Crippen molar-refractivity contribution < 1.29 is 4.79 Å². The number of benzene rings is 1. The molecule has 2 aromatic heterocycles. The molecule has 0 atom stereocenters. The molecule has 0 unspecified atom stereocenters. The molecule has 0 aliphatic heterocycles. The number of anilines is 1.